The molecule has 0 aliphatic heterocycles. The summed E-state index contributed by atoms with van der Waals surface area (Å²) in [7, 11) is 0. The number of nitrogen functional groups attached to an aromatic ring is 1. The number of rotatable bonds is 5. The first-order valence-electron chi connectivity index (χ1n) is 7.66. The minimum atomic E-state index is -0.926. The lowest BCUT2D eigenvalue weighted by Gasteiger charge is -2.16. The Morgan fingerprint density at radius 1 is 1.33 bits per heavy atom. The van der Waals surface area contributed by atoms with Crippen LogP contribution in [0.3, 0.4) is 0 Å². The highest BCUT2D eigenvalue weighted by Crippen LogP contribution is 2.23. The van der Waals surface area contributed by atoms with Crippen LogP contribution in [0.15, 0.2) is 18.2 Å². The highest BCUT2D eigenvalue weighted by atomic mass is 32.1. The van der Waals surface area contributed by atoms with Crippen molar-refractivity contribution in [2.75, 3.05) is 11.1 Å². The summed E-state index contributed by atoms with van der Waals surface area (Å²) in [6, 6.07) is 5.74. The van der Waals surface area contributed by atoms with Crippen LogP contribution < -0.4 is 11.1 Å². The van der Waals surface area contributed by atoms with Gasteiger partial charge in [-0.25, -0.2) is 9.78 Å². The zero-order valence-electron chi connectivity index (χ0n) is 14.2. The maximum Gasteiger partial charge on any atom is 0.351 e. The number of ether oxygens (including phenoxy) is 1. The molecule has 2 aromatic rings. The number of nitrogens with two attached hydrogens (primary N) is 1. The van der Waals surface area contributed by atoms with Crippen LogP contribution in [-0.4, -0.2) is 23.0 Å². The fourth-order valence-electron chi connectivity index (χ4n) is 2.27. The Bertz CT molecular complexity index is 750. The third-order valence-electron chi connectivity index (χ3n) is 3.62. The van der Waals surface area contributed by atoms with E-state index < -0.39 is 12.1 Å². The number of aryl methyl sites for hydroxylation is 3. The van der Waals surface area contributed by atoms with Gasteiger partial charge in [0.2, 0.25) is 0 Å². The number of aromatic nitrogens is 1. The summed E-state index contributed by atoms with van der Waals surface area (Å²) in [5.41, 5.74) is 8.86. The molecule has 1 amide bonds. The summed E-state index contributed by atoms with van der Waals surface area (Å²) in [6.45, 7) is 7.24. The first-order chi connectivity index (χ1) is 11.3. The summed E-state index contributed by atoms with van der Waals surface area (Å²) in [5, 5.41) is 3.13. The van der Waals surface area contributed by atoms with E-state index in [1.54, 1.807) is 0 Å². The molecule has 3 N–H and O–H groups in total. The molecule has 0 bridgehead atoms. The van der Waals surface area contributed by atoms with Gasteiger partial charge in [-0.1, -0.05) is 36.5 Å². The maximum atomic E-state index is 12.3. The zero-order valence-corrected chi connectivity index (χ0v) is 15.0. The number of benzene rings is 1. The van der Waals surface area contributed by atoms with E-state index in [9.17, 15) is 9.59 Å². The summed E-state index contributed by atoms with van der Waals surface area (Å²) in [4.78, 5) is 29.0. The molecule has 0 fully saturated rings. The number of carbonyl (C=O) groups excluding carboxylic acids is 2. The number of carbonyl (C=O) groups is 2. The Hall–Kier alpha value is -2.41. The molecule has 0 radical (unpaired) electrons. The lowest BCUT2D eigenvalue weighted by atomic mass is 10.1. The van der Waals surface area contributed by atoms with E-state index in [1.807, 2.05) is 39.0 Å². The topological polar surface area (TPSA) is 94.3 Å². The van der Waals surface area contributed by atoms with Crippen molar-refractivity contribution in [3.05, 3.63) is 39.9 Å². The lowest BCUT2D eigenvalue weighted by molar-refractivity contribution is -0.123. The molecule has 2 rings (SSSR count). The van der Waals surface area contributed by atoms with Crippen molar-refractivity contribution in [1.29, 1.82) is 0 Å². The minimum Gasteiger partial charge on any atom is -0.448 e. The van der Waals surface area contributed by atoms with Crippen molar-refractivity contribution in [1.82, 2.24) is 4.98 Å². The van der Waals surface area contributed by atoms with E-state index in [4.69, 9.17) is 10.5 Å². The molecule has 6 nitrogen and oxygen atoms in total. The number of esters is 1. The van der Waals surface area contributed by atoms with Gasteiger partial charge < -0.3 is 15.8 Å². The molecule has 7 heteroatoms. The van der Waals surface area contributed by atoms with Crippen LogP contribution in [-0.2, 0) is 16.0 Å². The third-order valence-corrected chi connectivity index (χ3v) is 4.52. The Balaban J connectivity index is 2.07. The van der Waals surface area contributed by atoms with Crippen molar-refractivity contribution >= 4 is 34.0 Å². The highest BCUT2D eigenvalue weighted by molar-refractivity contribution is 7.17. The fraction of sp³-hybridized carbons (Fsp3) is 0.353. The average molecular weight is 347 g/mol. The van der Waals surface area contributed by atoms with Gasteiger partial charge in [0.15, 0.2) is 11.2 Å². The second-order valence-electron chi connectivity index (χ2n) is 5.49. The summed E-state index contributed by atoms with van der Waals surface area (Å²) in [5.74, 6) is -0.957. The zero-order chi connectivity index (χ0) is 17.9. The lowest BCUT2D eigenvalue weighted by Crippen LogP contribution is -2.30. The van der Waals surface area contributed by atoms with E-state index >= 15 is 0 Å². The van der Waals surface area contributed by atoms with E-state index in [0.717, 1.165) is 28.2 Å². The second kappa shape index (κ2) is 7.44. The predicted molar refractivity (Wildman–Crippen MR) is 95.3 cm³/mol. The molecule has 1 aromatic carbocycles. The van der Waals surface area contributed by atoms with Crippen molar-refractivity contribution in [2.24, 2.45) is 0 Å². The van der Waals surface area contributed by atoms with Crippen LogP contribution in [0, 0.1) is 13.8 Å². The van der Waals surface area contributed by atoms with E-state index in [-0.39, 0.29) is 5.91 Å². The predicted octanol–water partition coefficient (Wildman–Crippen LogP) is 3.09. The van der Waals surface area contributed by atoms with Crippen molar-refractivity contribution in [3.8, 4) is 0 Å². The van der Waals surface area contributed by atoms with Gasteiger partial charge in [0.1, 0.15) is 4.88 Å². The number of amides is 1. The average Bonchev–Trinajstić information content (AvgIpc) is 2.92. The molecule has 1 atom stereocenters. The molecular formula is C17H21N3O3S. The second-order valence-corrected chi connectivity index (χ2v) is 6.52. The smallest absolute Gasteiger partial charge is 0.351 e. The monoisotopic (exact) mass is 347 g/mol. The molecule has 0 spiro atoms. The Labute approximate surface area is 145 Å². The molecule has 128 valence electrons. The Kier molecular flexibility index (Phi) is 5.56. The standard InChI is InChI=1S/C17H21N3O3S/c1-5-12-14(24-17(18)19-12)16(22)23-11(4)15(21)20-13-9(2)7-6-8-10(13)3/h6-8,11H,5H2,1-4H3,(H2,18,19)(H,20,21)/t11-/m1/s1. The van der Waals surface area contributed by atoms with Crippen molar-refractivity contribution < 1.29 is 14.3 Å². The molecule has 24 heavy (non-hydrogen) atoms. The number of hydrogen-bond donors (Lipinski definition) is 2. The molecular weight excluding hydrogens is 326 g/mol. The van der Waals surface area contributed by atoms with E-state index in [2.05, 4.69) is 10.3 Å². The fourth-order valence-corrected chi connectivity index (χ4v) is 3.08. The van der Waals surface area contributed by atoms with Crippen LogP contribution in [0.5, 0.6) is 0 Å². The number of para-hydroxylation sites is 1. The van der Waals surface area contributed by atoms with Crippen LogP contribution in [0.2, 0.25) is 0 Å². The third kappa shape index (κ3) is 3.91. The summed E-state index contributed by atoms with van der Waals surface area (Å²) >= 11 is 1.07. The van der Waals surface area contributed by atoms with Gasteiger partial charge in [0, 0.05) is 5.69 Å². The van der Waals surface area contributed by atoms with Crippen LogP contribution >= 0.6 is 11.3 Å². The quantitative estimate of drug-likeness (QED) is 0.811. The largest absolute Gasteiger partial charge is 0.448 e. The molecule has 0 aliphatic rings. The van der Waals surface area contributed by atoms with Crippen LogP contribution in [0.25, 0.3) is 0 Å². The van der Waals surface area contributed by atoms with Crippen LogP contribution in [0.4, 0.5) is 10.8 Å². The maximum absolute atomic E-state index is 12.3. The van der Waals surface area contributed by atoms with Crippen LogP contribution in [0.1, 0.15) is 40.3 Å². The van der Waals surface area contributed by atoms with E-state index in [0.29, 0.717) is 22.1 Å². The minimum absolute atomic E-state index is 0.312. The van der Waals surface area contributed by atoms with Gasteiger partial charge in [-0.15, -0.1) is 0 Å². The SMILES string of the molecule is CCc1nc(N)sc1C(=O)O[C@H](C)C(=O)Nc1c(C)cccc1C. The van der Waals surface area contributed by atoms with Crippen molar-refractivity contribution in [2.45, 2.75) is 40.2 Å². The number of nitrogens with one attached hydrogen (secondary N) is 1. The van der Waals surface area contributed by atoms with E-state index in [1.165, 1.54) is 6.92 Å². The highest BCUT2D eigenvalue weighted by Gasteiger charge is 2.23. The number of hydrogen-bond acceptors (Lipinski definition) is 6. The molecule has 0 saturated heterocycles. The molecule has 0 aliphatic carbocycles. The first kappa shape index (κ1) is 17.9. The number of anilines is 2. The molecule has 0 unspecified atom stereocenters. The number of nitrogens with zero attached hydrogens (tertiary/aromatic N) is 1. The van der Waals surface area contributed by atoms with Gasteiger partial charge in [0.25, 0.3) is 5.91 Å². The first-order valence-corrected chi connectivity index (χ1v) is 8.48. The van der Waals surface area contributed by atoms with Gasteiger partial charge in [0.05, 0.1) is 5.69 Å². The number of thiazole rings is 1. The van der Waals surface area contributed by atoms with Gasteiger partial charge in [-0.2, -0.15) is 0 Å². The molecule has 1 heterocycles. The van der Waals surface area contributed by atoms with Gasteiger partial charge >= 0.3 is 5.97 Å². The molecule has 1 aromatic heterocycles. The Morgan fingerprint density at radius 2 is 1.96 bits per heavy atom. The molecule has 0 saturated carbocycles. The normalized spacial score (nSPS) is 11.8. The Morgan fingerprint density at radius 3 is 2.54 bits per heavy atom. The van der Waals surface area contributed by atoms with Gasteiger partial charge in [-0.05, 0) is 38.3 Å². The summed E-state index contributed by atoms with van der Waals surface area (Å²) in [6.07, 6.45) is -0.356. The van der Waals surface area contributed by atoms with Gasteiger partial charge in [-0.3, -0.25) is 4.79 Å². The summed E-state index contributed by atoms with van der Waals surface area (Å²) < 4.78 is 5.27. The van der Waals surface area contributed by atoms with Crippen molar-refractivity contribution in [3.63, 3.8) is 0 Å².